The Kier molecular flexibility index (Phi) is 5.42. The third kappa shape index (κ3) is 3.66. The number of benzene rings is 3. The first-order valence-electron chi connectivity index (χ1n) is 9.05. The molecule has 3 aromatic carbocycles. The number of fused-ring (bicyclic) bond motifs is 2. The minimum atomic E-state index is -0.439. The number of rotatable bonds is 5. The summed E-state index contributed by atoms with van der Waals surface area (Å²) >= 11 is 1.27. The van der Waals surface area contributed by atoms with Crippen LogP contribution < -0.4 is 9.54 Å². The molecule has 0 bridgehead atoms. The van der Waals surface area contributed by atoms with Crippen LogP contribution in [0.1, 0.15) is 10.4 Å². The number of methoxy groups -OCH3 is 2. The molecule has 0 saturated heterocycles. The monoisotopic (exact) mass is 410 g/mol. The Balaban J connectivity index is 1.88. The van der Waals surface area contributed by atoms with E-state index >= 15 is 0 Å². The number of para-hydroxylation sites is 1. The molecule has 1 aromatic heterocycles. The minimum absolute atomic E-state index is 0.355. The summed E-state index contributed by atoms with van der Waals surface area (Å²) < 4.78 is 27.4. The highest BCUT2D eigenvalue weighted by Gasteiger charge is 2.16. The predicted molar refractivity (Wildman–Crippen MR) is 112 cm³/mol. The van der Waals surface area contributed by atoms with Crippen LogP contribution in [-0.2, 0) is 11.3 Å². The molecule has 0 spiro atoms. The van der Waals surface area contributed by atoms with Crippen molar-refractivity contribution in [1.82, 2.24) is 4.57 Å². The average molecular weight is 410 g/mol. The van der Waals surface area contributed by atoms with Crippen molar-refractivity contribution in [3.8, 4) is 5.75 Å². The Morgan fingerprint density at radius 1 is 1.10 bits per heavy atom. The van der Waals surface area contributed by atoms with Gasteiger partial charge in [-0.3, -0.25) is 4.79 Å². The number of nitrogens with zero attached hydrogens (tertiary/aromatic N) is 2. The van der Waals surface area contributed by atoms with Crippen molar-refractivity contribution < 1.29 is 18.7 Å². The molecule has 1 heterocycles. The van der Waals surface area contributed by atoms with Crippen molar-refractivity contribution in [1.29, 1.82) is 0 Å². The molecule has 0 unspecified atom stereocenters. The van der Waals surface area contributed by atoms with E-state index in [9.17, 15) is 9.18 Å². The van der Waals surface area contributed by atoms with Crippen molar-refractivity contribution in [2.24, 2.45) is 4.99 Å². The maximum atomic E-state index is 14.4. The van der Waals surface area contributed by atoms with Gasteiger partial charge in [-0.05, 0) is 35.0 Å². The number of carbonyl (C=O) groups excluding carboxylic acids is 1. The number of halogens is 1. The molecule has 5 nitrogen and oxygen atoms in total. The summed E-state index contributed by atoms with van der Waals surface area (Å²) in [6.45, 7) is 0.763. The number of aromatic nitrogens is 1. The number of amides is 1. The Hall–Kier alpha value is -3.03. The molecule has 0 aliphatic carbocycles. The van der Waals surface area contributed by atoms with Crippen molar-refractivity contribution in [2.75, 3.05) is 20.8 Å². The van der Waals surface area contributed by atoms with Crippen LogP contribution >= 0.6 is 11.3 Å². The van der Waals surface area contributed by atoms with Gasteiger partial charge in [-0.25, -0.2) is 4.39 Å². The predicted octanol–water partition coefficient (Wildman–Crippen LogP) is 4.39. The molecule has 0 N–H and O–H groups in total. The first-order valence-corrected chi connectivity index (χ1v) is 9.86. The quantitative estimate of drug-likeness (QED) is 0.490. The highest BCUT2D eigenvalue weighted by atomic mass is 32.1. The lowest BCUT2D eigenvalue weighted by Gasteiger charge is -2.08. The third-order valence-corrected chi connectivity index (χ3v) is 5.71. The van der Waals surface area contributed by atoms with Gasteiger partial charge in [0, 0.05) is 13.7 Å². The number of carbonyl (C=O) groups is 1. The third-order valence-electron chi connectivity index (χ3n) is 4.67. The van der Waals surface area contributed by atoms with Crippen LogP contribution in [0.2, 0.25) is 0 Å². The fourth-order valence-electron chi connectivity index (χ4n) is 3.26. The van der Waals surface area contributed by atoms with Gasteiger partial charge in [-0.1, -0.05) is 41.7 Å². The Bertz CT molecular complexity index is 1280. The molecule has 4 aromatic rings. The summed E-state index contributed by atoms with van der Waals surface area (Å²) in [5.41, 5.74) is 0.786. The van der Waals surface area contributed by atoms with Crippen LogP contribution in [0.4, 0.5) is 4.39 Å². The number of hydrogen-bond donors (Lipinski definition) is 0. The molecule has 148 valence electrons. The van der Waals surface area contributed by atoms with E-state index in [1.54, 1.807) is 23.8 Å². The Morgan fingerprint density at radius 2 is 1.86 bits per heavy atom. The SMILES string of the molecule is COCCn1c(=NC(=O)c2cc3ccccc3cc2OC)sc2cccc(F)c21. The molecule has 0 fully saturated rings. The van der Waals surface area contributed by atoms with Crippen molar-refractivity contribution in [3.63, 3.8) is 0 Å². The average Bonchev–Trinajstić information content (AvgIpc) is 3.09. The van der Waals surface area contributed by atoms with Crippen LogP contribution in [0.3, 0.4) is 0 Å². The normalized spacial score (nSPS) is 12.0. The molecule has 0 radical (unpaired) electrons. The second-order valence-electron chi connectivity index (χ2n) is 6.43. The molecule has 4 rings (SSSR count). The summed E-state index contributed by atoms with van der Waals surface area (Å²) in [6.07, 6.45) is 0. The molecule has 0 aliphatic rings. The summed E-state index contributed by atoms with van der Waals surface area (Å²) in [6, 6.07) is 16.2. The summed E-state index contributed by atoms with van der Waals surface area (Å²) in [7, 11) is 3.10. The van der Waals surface area contributed by atoms with Crippen LogP contribution in [0, 0.1) is 5.82 Å². The van der Waals surface area contributed by atoms with Crippen LogP contribution in [0.5, 0.6) is 5.75 Å². The van der Waals surface area contributed by atoms with Crippen LogP contribution in [-0.4, -0.2) is 31.3 Å². The van der Waals surface area contributed by atoms with Gasteiger partial charge in [0.1, 0.15) is 11.6 Å². The van der Waals surface area contributed by atoms with E-state index in [0.717, 1.165) is 15.5 Å². The first kappa shape index (κ1) is 19.3. The van der Waals surface area contributed by atoms with Crippen LogP contribution in [0.25, 0.3) is 21.0 Å². The fraction of sp³-hybridized carbons (Fsp3) is 0.182. The molecule has 1 amide bonds. The highest BCUT2D eigenvalue weighted by molar-refractivity contribution is 7.16. The van der Waals surface area contributed by atoms with Gasteiger partial charge in [-0.2, -0.15) is 4.99 Å². The molecule has 0 aliphatic heterocycles. The molecule has 7 heteroatoms. The summed E-state index contributed by atoms with van der Waals surface area (Å²) in [5.74, 6) is -0.342. The first-order chi connectivity index (χ1) is 14.1. The van der Waals surface area contributed by atoms with E-state index in [2.05, 4.69) is 4.99 Å². The van der Waals surface area contributed by atoms with Gasteiger partial charge >= 0.3 is 0 Å². The maximum Gasteiger partial charge on any atom is 0.283 e. The minimum Gasteiger partial charge on any atom is -0.496 e. The lowest BCUT2D eigenvalue weighted by atomic mass is 10.1. The van der Waals surface area contributed by atoms with Gasteiger partial charge in [0.2, 0.25) is 0 Å². The van der Waals surface area contributed by atoms with Crippen molar-refractivity contribution in [3.05, 3.63) is 70.8 Å². The lowest BCUT2D eigenvalue weighted by Crippen LogP contribution is -2.20. The van der Waals surface area contributed by atoms with E-state index in [1.807, 2.05) is 36.4 Å². The number of ether oxygens (including phenoxy) is 2. The maximum absolute atomic E-state index is 14.4. The summed E-state index contributed by atoms with van der Waals surface area (Å²) in [4.78, 5) is 17.8. The Morgan fingerprint density at radius 3 is 2.59 bits per heavy atom. The van der Waals surface area contributed by atoms with E-state index in [-0.39, 0.29) is 5.82 Å². The van der Waals surface area contributed by atoms with Gasteiger partial charge in [0.25, 0.3) is 5.91 Å². The zero-order chi connectivity index (χ0) is 20.4. The largest absolute Gasteiger partial charge is 0.496 e. The fourth-order valence-corrected chi connectivity index (χ4v) is 4.33. The van der Waals surface area contributed by atoms with Crippen LogP contribution in [0.15, 0.2) is 59.6 Å². The topological polar surface area (TPSA) is 52.8 Å². The van der Waals surface area contributed by atoms with Gasteiger partial charge < -0.3 is 14.0 Å². The van der Waals surface area contributed by atoms with Crippen molar-refractivity contribution >= 4 is 38.2 Å². The molecule has 29 heavy (non-hydrogen) atoms. The second-order valence-corrected chi connectivity index (χ2v) is 7.44. The van der Waals surface area contributed by atoms with E-state index in [1.165, 1.54) is 24.5 Å². The van der Waals surface area contributed by atoms with Gasteiger partial charge in [0.05, 0.1) is 29.5 Å². The molecular formula is C22H19FN2O3S. The smallest absolute Gasteiger partial charge is 0.283 e. The van der Waals surface area contributed by atoms with Gasteiger partial charge in [-0.15, -0.1) is 0 Å². The van der Waals surface area contributed by atoms with Gasteiger partial charge in [0.15, 0.2) is 4.80 Å². The highest BCUT2D eigenvalue weighted by Crippen LogP contribution is 2.27. The zero-order valence-corrected chi connectivity index (χ0v) is 16.8. The second kappa shape index (κ2) is 8.14. The molecular weight excluding hydrogens is 391 g/mol. The number of hydrogen-bond acceptors (Lipinski definition) is 4. The van der Waals surface area contributed by atoms with E-state index in [4.69, 9.17) is 9.47 Å². The number of thiazole rings is 1. The van der Waals surface area contributed by atoms with E-state index < -0.39 is 5.91 Å². The zero-order valence-electron chi connectivity index (χ0n) is 16.0. The van der Waals surface area contributed by atoms with E-state index in [0.29, 0.717) is 34.8 Å². The molecule has 0 saturated carbocycles. The lowest BCUT2D eigenvalue weighted by molar-refractivity contribution is 0.0994. The van der Waals surface area contributed by atoms with Crippen molar-refractivity contribution in [2.45, 2.75) is 6.54 Å². The standard InChI is InChI=1S/C22H19FN2O3S/c1-27-11-10-25-20-17(23)8-5-9-19(20)29-22(25)24-21(26)16-12-14-6-3-4-7-15(14)13-18(16)28-2/h3-9,12-13H,10-11H2,1-2H3. The molecule has 0 atom stereocenters. The Labute approximate surface area is 170 Å². The summed E-state index contributed by atoms with van der Waals surface area (Å²) in [5, 5.41) is 1.89.